The number of aryl methyl sites for hydroxylation is 1. The fraction of sp³-hybridized carbons (Fsp3) is 0.0952. The number of hydrogen-bond acceptors (Lipinski definition) is 3. The van der Waals surface area contributed by atoms with Crippen LogP contribution in [0.3, 0.4) is 0 Å². The molecule has 1 aromatic heterocycles. The first kappa shape index (κ1) is 19.2. The third-order valence-corrected chi connectivity index (χ3v) is 3.97. The number of halogens is 2. The van der Waals surface area contributed by atoms with Crippen LogP contribution in [-0.4, -0.2) is 16.8 Å². The van der Waals surface area contributed by atoms with Gasteiger partial charge in [0.05, 0.1) is 5.69 Å². The second-order valence-electron chi connectivity index (χ2n) is 6.18. The topological polar surface area (TPSA) is 71.1 Å². The first-order valence-corrected chi connectivity index (χ1v) is 8.48. The number of pyridine rings is 1. The van der Waals surface area contributed by atoms with Gasteiger partial charge in [0.2, 0.25) is 0 Å². The van der Waals surface area contributed by atoms with Gasteiger partial charge in [-0.25, -0.2) is 8.78 Å². The number of nitrogens with one attached hydrogen (secondary N) is 2. The molecule has 0 saturated heterocycles. The Hall–Kier alpha value is -3.61. The molecule has 3 aromatic rings. The normalized spacial score (nSPS) is 10.4. The van der Waals surface area contributed by atoms with Gasteiger partial charge in [-0.2, -0.15) is 0 Å². The lowest BCUT2D eigenvalue weighted by Gasteiger charge is -2.08. The van der Waals surface area contributed by atoms with Crippen molar-refractivity contribution < 1.29 is 18.4 Å². The summed E-state index contributed by atoms with van der Waals surface area (Å²) in [6, 6.07) is 13.2. The number of benzene rings is 2. The predicted molar refractivity (Wildman–Crippen MR) is 101 cm³/mol. The Morgan fingerprint density at radius 3 is 2.57 bits per heavy atom. The number of carbonyl (C=O) groups is 2. The molecule has 0 aliphatic carbocycles. The Bertz CT molecular complexity index is 1040. The summed E-state index contributed by atoms with van der Waals surface area (Å²) >= 11 is 0. The van der Waals surface area contributed by atoms with Crippen LogP contribution in [0.15, 0.2) is 60.8 Å². The highest BCUT2D eigenvalue weighted by atomic mass is 19.1. The molecule has 0 aliphatic rings. The number of carbonyl (C=O) groups excluding carboxylic acids is 2. The molecular formula is C21H17F2N3O2. The zero-order valence-electron chi connectivity index (χ0n) is 15.0. The molecule has 0 aliphatic heterocycles. The van der Waals surface area contributed by atoms with E-state index >= 15 is 0 Å². The number of rotatable bonds is 5. The molecule has 0 spiro atoms. The van der Waals surface area contributed by atoms with E-state index in [2.05, 4.69) is 15.6 Å². The molecule has 1 heterocycles. The third kappa shape index (κ3) is 4.76. The van der Waals surface area contributed by atoms with Gasteiger partial charge in [-0.05, 0) is 36.8 Å². The van der Waals surface area contributed by atoms with Crippen molar-refractivity contribution in [2.24, 2.45) is 0 Å². The van der Waals surface area contributed by atoms with Crippen molar-refractivity contribution in [3.8, 4) is 0 Å². The molecule has 0 atom stereocenters. The van der Waals surface area contributed by atoms with Gasteiger partial charge in [0.15, 0.2) is 0 Å². The molecule has 0 radical (unpaired) electrons. The highest BCUT2D eigenvalue weighted by Gasteiger charge is 2.14. The van der Waals surface area contributed by atoms with Gasteiger partial charge in [-0.15, -0.1) is 0 Å². The Kier molecular flexibility index (Phi) is 5.74. The van der Waals surface area contributed by atoms with E-state index in [-0.39, 0.29) is 16.9 Å². The number of hydrogen-bond donors (Lipinski definition) is 2. The van der Waals surface area contributed by atoms with Gasteiger partial charge >= 0.3 is 0 Å². The maximum Gasteiger partial charge on any atom is 0.270 e. The zero-order valence-corrected chi connectivity index (χ0v) is 15.0. The predicted octanol–water partition coefficient (Wildman–Crippen LogP) is 3.85. The van der Waals surface area contributed by atoms with Crippen LogP contribution in [0.5, 0.6) is 0 Å². The van der Waals surface area contributed by atoms with Crippen LogP contribution in [-0.2, 0) is 6.54 Å². The van der Waals surface area contributed by atoms with Crippen LogP contribution in [0.25, 0.3) is 0 Å². The van der Waals surface area contributed by atoms with Gasteiger partial charge in [0.1, 0.15) is 17.3 Å². The molecular weight excluding hydrogens is 364 g/mol. The van der Waals surface area contributed by atoms with Gasteiger partial charge in [-0.3, -0.25) is 14.6 Å². The van der Waals surface area contributed by atoms with E-state index in [1.165, 1.54) is 18.3 Å². The number of nitrogens with zero attached hydrogens (tertiary/aromatic N) is 1. The average Bonchev–Trinajstić information content (AvgIpc) is 2.68. The second-order valence-corrected chi connectivity index (χ2v) is 6.18. The van der Waals surface area contributed by atoms with Crippen molar-refractivity contribution in [1.82, 2.24) is 10.3 Å². The summed E-state index contributed by atoms with van der Waals surface area (Å²) < 4.78 is 26.7. The Morgan fingerprint density at radius 1 is 1.00 bits per heavy atom. The summed E-state index contributed by atoms with van der Waals surface area (Å²) in [6.07, 6.45) is 1.32. The van der Waals surface area contributed by atoms with Crippen LogP contribution in [0.2, 0.25) is 0 Å². The van der Waals surface area contributed by atoms with Crippen LogP contribution < -0.4 is 10.6 Å². The van der Waals surface area contributed by atoms with Crippen molar-refractivity contribution in [2.75, 3.05) is 5.32 Å². The van der Waals surface area contributed by atoms with Crippen molar-refractivity contribution in [3.05, 3.63) is 94.8 Å². The summed E-state index contributed by atoms with van der Waals surface area (Å²) in [4.78, 5) is 28.6. The van der Waals surface area contributed by atoms with Gasteiger partial charge in [-0.1, -0.05) is 29.8 Å². The lowest BCUT2D eigenvalue weighted by molar-refractivity contribution is 0.0946. The molecule has 5 nitrogen and oxygen atoms in total. The average molecular weight is 381 g/mol. The van der Waals surface area contributed by atoms with E-state index in [4.69, 9.17) is 0 Å². The summed E-state index contributed by atoms with van der Waals surface area (Å²) in [6.45, 7) is 2.28. The van der Waals surface area contributed by atoms with Crippen molar-refractivity contribution in [2.45, 2.75) is 13.5 Å². The van der Waals surface area contributed by atoms with Crippen molar-refractivity contribution in [1.29, 1.82) is 0 Å². The fourth-order valence-electron chi connectivity index (χ4n) is 2.58. The quantitative estimate of drug-likeness (QED) is 0.705. The lowest BCUT2D eigenvalue weighted by Crippen LogP contribution is -2.24. The van der Waals surface area contributed by atoms with Crippen LogP contribution in [0.1, 0.15) is 32.0 Å². The Morgan fingerprint density at radius 2 is 1.82 bits per heavy atom. The van der Waals surface area contributed by atoms with Crippen LogP contribution in [0.4, 0.5) is 14.5 Å². The summed E-state index contributed by atoms with van der Waals surface area (Å²) in [5, 5.41) is 5.08. The highest BCUT2D eigenvalue weighted by Crippen LogP contribution is 2.16. The number of amides is 2. The van der Waals surface area contributed by atoms with Gasteiger partial charge < -0.3 is 10.6 Å². The third-order valence-electron chi connectivity index (χ3n) is 3.97. The number of aromatic nitrogens is 1. The zero-order chi connectivity index (χ0) is 20.1. The number of anilines is 1. The maximum atomic E-state index is 13.7. The molecule has 2 N–H and O–H groups in total. The molecule has 3 rings (SSSR count). The van der Waals surface area contributed by atoms with Gasteiger partial charge in [0, 0.05) is 24.4 Å². The van der Waals surface area contributed by atoms with Crippen molar-refractivity contribution in [3.63, 3.8) is 0 Å². The maximum absolute atomic E-state index is 13.7. The Balaban J connectivity index is 1.68. The minimum absolute atomic E-state index is 0.0554. The molecule has 0 saturated carbocycles. The molecule has 7 heteroatoms. The van der Waals surface area contributed by atoms with E-state index in [9.17, 15) is 18.4 Å². The largest absolute Gasteiger partial charge is 0.347 e. The molecule has 2 amide bonds. The summed E-state index contributed by atoms with van der Waals surface area (Å²) in [5.74, 6) is -2.71. The molecule has 0 unspecified atom stereocenters. The lowest BCUT2D eigenvalue weighted by atomic mass is 10.1. The summed E-state index contributed by atoms with van der Waals surface area (Å²) in [7, 11) is 0. The second kappa shape index (κ2) is 8.39. The molecule has 142 valence electrons. The minimum Gasteiger partial charge on any atom is -0.347 e. The van der Waals surface area contributed by atoms with E-state index in [1.807, 2.05) is 31.2 Å². The summed E-state index contributed by atoms with van der Waals surface area (Å²) in [5.41, 5.74) is 2.04. The van der Waals surface area contributed by atoms with E-state index in [0.29, 0.717) is 12.6 Å². The SMILES string of the molecule is Cc1cccc(CNC(=O)c2cc(C(=O)Nc3ccc(F)cc3F)ccn2)c1. The van der Waals surface area contributed by atoms with Crippen LogP contribution in [0, 0.1) is 18.6 Å². The molecule has 28 heavy (non-hydrogen) atoms. The minimum atomic E-state index is -0.890. The van der Waals surface area contributed by atoms with E-state index in [0.717, 1.165) is 23.3 Å². The molecule has 0 bridgehead atoms. The Labute approximate surface area is 160 Å². The van der Waals surface area contributed by atoms with Crippen LogP contribution >= 0.6 is 0 Å². The standard InChI is InChI=1S/C21H17F2N3O2/c1-13-3-2-4-14(9-13)12-25-21(28)19-10-15(7-8-24-19)20(27)26-18-6-5-16(22)11-17(18)23/h2-11H,12H2,1H3,(H,25,28)(H,26,27). The molecule has 0 fully saturated rings. The van der Waals surface area contributed by atoms with E-state index in [1.54, 1.807) is 0 Å². The first-order chi connectivity index (χ1) is 13.4. The smallest absolute Gasteiger partial charge is 0.270 e. The van der Waals surface area contributed by atoms with E-state index < -0.39 is 23.4 Å². The van der Waals surface area contributed by atoms with Gasteiger partial charge in [0.25, 0.3) is 11.8 Å². The van der Waals surface area contributed by atoms with Crippen molar-refractivity contribution >= 4 is 17.5 Å². The fourth-order valence-corrected chi connectivity index (χ4v) is 2.58. The molecule has 2 aromatic carbocycles. The highest BCUT2D eigenvalue weighted by molar-refractivity contribution is 6.05. The first-order valence-electron chi connectivity index (χ1n) is 8.48. The monoisotopic (exact) mass is 381 g/mol.